The molecule has 21 heavy (non-hydrogen) atoms. The van der Waals surface area contributed by atoms with Gasteiger partial charge < -0.3 is 10.1 Å². The van der Waals surface area contributed by atoms with E-state index >= 15 is 0 Å². The zero-order valence-corrected chi connectivity index (χ0v) is 11.7. The molecule has 0 amide bonds. The van der Waals surface area contributed by atoms with Crippen molar-refractivity contribution in [1.29, 1.82) is 0 Å². The Morgan fingerprint density at radius 2 is 2.14 bits per heavy atom. The number of halogens is 1. The summed E-state index contributed by atoms with van der Waals surface area (Å²) in [7, 11) is 1.48. The molecule has 0 aliphatic carbocycles. The highest BCUT2D eigenvalue weighted by Crippen LogP contribution is 2.34. The predicted octanol–water partition coefficient (Wildman–Crippen LogP) is 3.62. The molecular formula is C17H16FNO2. The second kappa shape index (κ2) is 5.56. The smallest absolute Gasteiger partial charge is 0.167 e. The zero-order chi connectivity index (χ0) is 14.8. The van der Waals surface area contributed by atoms with Crippen LogP contribution < -0.4 is 10.1 Å². The molecule has 3 rings (SSSR count). The average molecular weight is 285 g/mol. The van der Waals surface area contributed by atoms with E-state index < -0.39 is 5.82 Å². The Labute approximate surface area is 122 Å². The maximum absolute atomic E-state index is 13.4. The van der Waals surface area contributed by atoms with Crippen LogP contribution in [0.3, 0.4) is 0 Å². The van der Waals surface area contributed by atoms with Gasteiger partial charge in [-0.05, 0) is 29.8 Å². The molecule has 0 radical (unpaired) electrons. The second-order valence-corrected chi connectivity index (χ2v) is 5.14. The Hall–Kier alpha value is -2.36. The number of hydrogen-bond donors (Lipinski definition) is 1. The van der Waals surface area contributed by atoms with Crippen LogP contribution in [0, 0.1) is 5.82 Å². The van der Waals surface area contributed by atoms with Crippen molar-refractivity contribution < 1.29 is 13.9 Å². The van der Waals surface area contributed by atoms with Gasteiger partial charge in [-0.25, -0.2) is 4.39 Å². The SMILES string of the molecule is COc1ccc(F)cc1C(=O)CC1CNc2ccccc21. The predicted molar refractivity (Wildman–Crippen MR) is 79.6 cm³/mol. The van der Waals surface area contributed by atoms with Crippen LogP contribution >= 0.6 is 0 Å². The number of ether oxygens (including phenoxy) is 1. The van der Waals surface area contributed by atoms with Gasteiger partial charge in [0.1, 0.15) is 11.6 Å². The van der Waals surface area contributed by atoms with E-state index in [-0.39, 0.29) is 11.7 Å². The largest absolute Gasteiger partial charge is 0.496 e. The summed E-state index contributed by atoms with van der Waals surface area (Å²) in [5.74, 6) is 0.00117. The van der Waals surface area contributed by atoms with Gasteiger partial charge >= 0.3 is 0 Å². The first-order valence-corrected chi connectivity index (χ1v) is 6.88. The lowest BCUT2D eigenvalue weighted by atomic mass is 9.93. The van der Waals surface area contributed by atoms with Gasteiger partial charge in [0.15, 0.2) is 5.78 Å². The van der Waals surface area contributed by atoms with E-state index in [2.05, 4.69) is 5.32 Å². The monoisotopic (exact) mass is 285 g/mol. The van der Waals surface area contributed by atoms with Crippen LogP contribution in [0.1, 0.15) is 28.3 Å². The van der Waals surface area contributed by atoms with Crippen molar-refractivity contribution >= 4 is 11.5 Å². The summed E-state index contributed by atoms with van der Waals surface area (Å²) in [6.07, 6.45) is 0.337. The lowest BCUT2D eigenvalue weighted by molar-refractivity contribution is 0.0972. The number of anilines is 1. The van der Waals surface area contributed by atoms with Gasteiger partial charge in [0.05, 0.1) is 12.7 Å². The molecular weight excluding hydrogens is 269 g/mol. The Bertz CT molecular complexity index is 684. The van der Waals surface area contributed by atoms with Crippen molar-refractivity contribution in [3.8, 4) is 5.75 Å². The lowest BCUT2D eigenvalue weighted by Gasteiger charge is -2.11. The molecule has 0 bridgehead atoms. The molecule has 0 fully saturated rings. The highest BCUT2D eigenvalue weighted by atomic mass is 19.1. The second-order valence-electron chi connectivity index (χ2n) is 5.14. The fraction of sp³-hybridized carbons (Fsp3) is 0.235. The van der Waals surface area contributed by atoms with Gasteiger partial charge in [-0.2, -0.15) is 0 Å². The van der Waals surface area contributed by atoms with Gasteiger partial charge in [-0.15, -0.1) is 0 Å². The van der Waals surface area contributed by atoms with Gasteiger partial charge in [0.2, 0.25) is 0 Å². The Morgan fingerprint density at radius 3 is 2.95 bits per heavy atom. The Morgan fingerprint density at radius 1 is 1.33 bits per heavy atom. The van der Waals surface area contributed by atoms with Crippen molar-refractivity contribution in [3.63, 3.8) is 0 Å². The summed E-state index contributed by atoms with van der Waals surface area (Å²) in [5, 5.41) is 3.29. The van der Waals surface area contributed by atoms with Crippen molar-refractivity contribution in [2.45, 2.75) is 12.3 Å². The number of methoxy groups -OCH3 is 1. The molecule has 1 aliphatic rings. The van der Waals surface area contributed by atoms with Crippen LogP contribution in [0.4, 0.5) is 10.1 Å². The Balaban J connectivity index is 1.83. The summed E-state index contributed by atoms with van der Waals surface area (Å²) in [6, 6.07) is 12.0. The molecule has 1 heterocycles. The van der Waals surface area contributed by atoms with Crippen LogP contribution in [-0.2, 0) is 0 Å². The van der Waals surface area contributed by atoms with E-state index in [0.717, 1.165) is 17.8 Å². The minimum absolute atomic E-state index is 0.102. The third-order valence-corrected chi connectivity index (χ3v) is 3.83. The molecule has 0 spiro atoms. The molecule has 1 aliphatic heterocycles. The number of carbonyl (C=O) groups is 1. The zero-order valence-electron chi connectivity index (χ0n) is 11.7. The van der Waals surface area contributed by atoms with E-state index in [1.165, 1.54) is 25.3 Å². The minimum Gasteiger partial charge on any atom is -0.496 e. The van der Waals surface area contributed by atoms with Gasteiger partial charge in [0.25, 0.3) is 0 Å². The maximum atomic E-state index is 13.4. The number of nitrogens with one attached hydrogen (secondary N) is 1. The highest BCUT2D eigenvalue weighted by Gasteiger charge is 2.25. The molecule has 3 nitrogen and oxygen atoms in total. The fourth-order valence-corrected chi connectivity index (χ4v) is 2.77. The third kappa shape index (κ3) is 2.61. The molecule has 2 aromatic rings. The highest BCUT2D eigenvalue weighted by molar-refractivity contribution is 5.99. The molecule has 1 unspecified atom stereocenters. The first-order chi connectivity index (χ1) is 10.2. The van der Waals surface area contributed by atoms with Crippen LogP contribution in [-0.4, -0.2) is 19.4 Å². The van der Waals surface area contributed by atoms with E-state index in [0.29, 0.717) is 17.7 Å². The molecule has 2 aromatic carbocycles. The van der Waals surface area contributed by atoms with E-state index in [1.807, 2.05) is 24.3 Å². The molecule has 0 saturated carbocycles. The van der Waals surface area contributed by atoms with E-state index in [1.54, 1.807) is 0 Å². The molecule has 1 N–H and O–H groups in total. The summed E-state index contributed by atoms with van der Waals surface area (Å²) >= 11 is 0. The number of hydrogen-bond acceptors (Lipinski definition) is 3. The quantitative estimate of drug-likeness (QED) is 0.872. The molecule has 0 aromatic heterocycles. The molecule has 1 atom stereocenters. The maximum Gasteiger partial charge on any atom is 0.167 e. The van der Waals surface area contributed by atoms with Crippen molar-refractivity contribution in [2.75, 3.05) is 19.0 Å². The van der Waals surface area contributed by atoms with Gasteiger partial charge in [-0.3, -0.25) is 4.79 Å². The summed E-state index contributed by atoms with van der Waals surface area (Å²) in [5.41, 5.74) is 2.52. The topological polar surface area (TPSA) is 38.3 Å². The van der Waals surface area contributed by atoms with Crippen LogP contribution in [0.25, 0.3) is 0 Å². The first kappa shape index (κ1) is 13.6. The van der Waals surface area contributed by atoms with Crippen molar-refractivity contribution in [2.24, 2.45) is 0 Å². The van der Waals surface area contributed by atoms with Gasteiger partial charge in [-0.1, -0.05) is 18.2 Å². The van der Waals surface area contributed by atoms with Crippen LogP contribution in [0.2, 0.25) is 0 Å². The number of para-hydroxylation sites is 1. The number of fused-ring (bicyclic) bond motifs is 1. The standard InChI is InChI=1S/C17H16FNO2/c1-21-17-7-6-12(18)9-14(17)16(20)8-11-10-19-15-5-3-2-4-13(11)15/h2-7,9,11,19H,8,10H2,1H3. The number of benzene rings is 2. The average Bonchev–Trinajstić information content (AvgIpc) is 2.90. The van der Waals surface area contributed by atoms with Crippen LogP contribution in [0.15, 0.2) is 42.5 Å². The first-order valence-electron chi connectivity index (χ1n) is 6.88. The van der Waals surface area contributed by atoms with E-state index in [9.17, 15) is 9.18 Å². The normalized spacial score (nSPS) is 16.2. The molecule has 4 heteroatoms. The number of rotatable bonds is 4. The summed E-state index contributed by atoms with van der Waals surface area (Å²) in [6.45, 7) is 0.725. The Kier molecular flexibility index (Phi) is 3.60. The summed E-state index contributed by atoms with van der Waals surface area (Å²) in [4.78, 5) is 12.5. The van der Waals surface area contributed by atoms with Gasteiger partial charge in [0, 0.05) is 24.6 Å². The number of ketones is 1. The van der Waals surface area contributed by atoms with E-state index in [4.69, 9.17) is 4.74 Å². The number of Topliss-reactive ketones (excluding diaryl/α,β-unsaturated/α-hetero) is 1. The number of carbonyl (C=O) groups excluding carboxylic acids is 1. The van der Waals surface area contributed by atoms with Crippen LogP contribution in [0.5, 0.6) is 5.75 Å². The third-order valence-electron chi connectivity index (χ3n) is 3.83. The minimum atomic E-state index is -0.427. The lowest BCUT2D eigenvalue weighted by Crippen LogP contribution is -2.10. The molecule has 0 saturated heterocycles. The molecule has 108 valence electrons. The van der Waals surface area contributed by atoms with Crippen molar-refractivity contribution in [1.82, 2.24) is 0 Å². The van der Waals surface area contributed by atoms with Crippen molar-refractivity contribution in [3.05, 3.63) is 59.4 Å². The fourth-order valence-electron chi connectivity index (χ4n) is 2.77. The summed E-state index contributed by atoms with van der Waals surface area (Å²) < 4.78 is 18.5.